The largest absolute Gasteiger partial charge is 0.481 e. The maximum absolute atomic E-state index is 15.0. The van der Waals surface area contributed by atoms with Gasteiger partial charge < -0.3 is 159 Å². The molecule has 2 heterocycles. The highest BCUT2D eigenvalue weighted by molar-refractivity contribution is 7.99. The first-order chi connectivity index (χ1) is 65.2. The van der Waals surface area contributed by atoms with Gasteiger partial charge in [0.15, 0.2) is 5.96 Å². The molecule has 54 nitrogen and oxygen atoms in total. The van der Waals surface area contributed by atoms with Crippen LogP contribution in [-0.4, -0.2) is 343 Å². The number of rotatable bonds is 35. The second-order valence-corrected chi connectivity index (χ2v) is 37.5. The minimum Gasteiger partial charge on any atom is -0.481 e. The molecular formula is C84H139N25O29S2. The molecule has 0 saturated carbocycles. The minimum absolute atomic E-state index is 0.0531. The van der Waals surface area contributed by atoms with Crippen LogP contribution in [0.25, 0.3) is 0 Å². The second kappa shape index (κ2) is 60.8. The van der Waals surface area contributed by atoms with E-state index in [1.165, 1.54) is 20.8 Å². The second-order valence-electron chi connectivity index (χ2n) is 35.3. The van der Waals surface area contributed by atoms with E-state index in [4.69, 9.17) is 22.6 Å². The third-order valence-corrected chi connectivity index (χ3v) is 23.2. The number of nitrogens with one attached hydrogen (secondary N) is 22. The zero-order valence-corrected chi connectivity index (χ0v) is 82.1. The highest BCUT2D eigenvalue weighted by atomic mass is 32.2. The van der Waals surface area contributed by atoms with Crippen molar-refractivity contribution in [2.45, 2.75) is 276 Å². The van der Waals surface area contributed by atoms with Crippen LogP contribution in [0, 0.1) is 35.0 Å². The van der Waals surface area contributed by atoms with Crippen LogP contribution in [0.15, 0.2) is 24.6 Å². The lowest BCUT2D eigenvalue weighted by molar-refractivity contribution is -0.143. The quantitative estimate of drug-likeness (QED) is 0.0121. The number of hydrogen-bond donors (Lipinski definition) is 31. The monoisotopic (exact) mass is 2030 g/mol. The van der Waals surface area contributed by atoms with E-state index in [9.17, 15) is 136 Å². The molecule has 0 bridgehead atoms. The molecule has 786 valence electrons. The summed E-state index contributed by atoms with van der Waals surface area (Å²) in [4.78, 5) is 323. The highest BCUT2D eigenvalue weighted by Gasteiger charge is 2.42. The fourth-order valence-electron chi connectivity index (χ4n) is 13.1. The number of thioether (sulfide) groups is 2. The maximum atomic E-state index is 15.0. The average Bonchev–Trinajstić information content (AvgIpc) is 0.930. The van der Waals surface area contributed by atoms with Gasteiger partial charge in [-0.3, -0.25) is 111 Å². The first-order valence-electron chi connectivity index (χ1n) is 45.0. The zero-order chi connectivity index (χ0) is 107. The van der Waals surface area contributed by atoms with E-state index >= 15 is 4.79 Å². The number of aliphatic hydroxyl groups is 4. The molecule has 0 aromatic heterocycles. The van der Waals surface area contributed by atoms with Crippen LogP contribution in [0.4, 0.5) is 0 Å². The van der Waals surface area contributed by atoms with Gasteiger partial charge in [-0.1, -0.05) is 88.8 Å². The molecule has 2 saturated heterocycles. The lowest BCUT2D eigenvalue weighted by atomic mass is 9.97. The Balaban J connectivity index is 3.11. The summed E-state index contributed by atoms with van der Waals surface area (Å²) < 4.78 is 0. The van der Waals surface area contributed by atoms with Crippen molar-refractivity contribution in [3.05, 3.63) is 24.6 Å². The van der Waals surface area contributed by atoms with Crippen molar-refractivity contribution in [1.29, 1.82) is 5.41 Å². The lowest BCUT2D eigenvalue weighted by Gasteiger charge is -2.30. The zero-order valence-electron chi connectivity index (χ0n) is 80.5. The van der Waals surface area contributed by atoms with Crippen LogP contribution < -0.4 is 129 Å². The molecule has 2 aliphatic rings. The van der Waals surface area contributed by atoms with Gasteiger partial charge in [0.2, 0.25) is 112 Å². The molecule has 0 aromatic rings. The van der Waals surface area contributed by atoms with E-state index in [0.717, 1.165) is 13.8 Å². The third kappa shape index (κ3) is 44.5. The van der Waals surface area contributed by atoms with Crippen molar-refractivity contribution in [2.24, 2.45) is 46.8 Å². The maximum Gasteiger partial charge on any atom is 0.326 e. The number of guanidine groups is 1. The Morgan fingerprint density at radius 3 is 1.32 bits per heavy atom. The summed E-state index contributed by atoms with van der Waals surface area (Å²) >= 11 is 0.975. The Morgan fingerprint density at radius 2 is 0.864 bits per heavy atom. The van der Waals surface area contributed by atoms with E-state index in [2.05, 4.69) is 119 Å². The number of amides is 21. The van der Waals surface area contributed by atoms with Gasteiger partial charge in [0.05, 0.1) is 62.2 Å². The fraction of sp³-hybridized carbons (Fsp3) is 0.667. The van der Waals surface area contributed by atoms with Gasteiger partial charge in [-0.05, 0) is 95.8 Å². The number of nitrogens with two attached hydrogens (primary N) is 3. The summed E-state index contributed by atoms with van der Waals surface area (Å²) in [6, 6.07) is -31.7. The summed E-state index contributed by atoms with van der Waals surface area (Å²) in [5, 5.41) is 119. The molecule has 2 aliphatic heterocycles. The molecule has 0 aliphatic carbocycles. The average molecular weight is 2030 g/mol. The van der Waals surface area contributed by atoms with Crippen LogP contribution in [-0.2, 0) is 110 Å². The number of carbonyl (C=O) groups excluding carboxylic acids is 21. The normalized spacial score (nSPS) is 24.6. The predicted molar refractivity (Wildman–Crippen MR) is 502 cm³/mol. The van der Waals surface area contributed by atoms with Crippen molar-refractivity contribution in [3.63, 3.8) is 0 Å². The van der Waals surface area contributed by atoms with Crippen molar-refractivity contribution < 1.29 is 141 Å². The molecule has 21 amide bonds. The molecule has 2 rings (SSSR count). The van der Waals surface area contributed by atoms with Gasteiger partial charge in [-0.15, -0.1) is 0 Å². The molecule has 0 spiro atoms. The Hall–Kier alpha value is -12.9. The molecule has 21 atom stereocenters. The van der Waals surface area contributed by atoms with E-state index in [-0.39, 0.29) is 63.3 Å². The molecule has 21 unspecified atom stereocenters. The topological polar surface area (TPSA) is 869 Å². The Morgan fingerprint density at radius 1 is 0.450 bits per heavy atom. The van der Waals surface area contributed by atoms with Crippen LogP contribution in [0.1, 0.15) is 155 Å². The van der Waals surface area contributed by atoms with E-state index in [1.807, 2.05) is 5.32 Å². The van der Waals surface area contributed by atoms with E-state index < -0.39 is 348 Å². The first kappa shape index (κ1) is 123. The summed E-state index contributed by atoms with van der Waals surface area (Å²) in [6.07, 6.45) is -8.65. The van der Waals surface area contributed by atoms with Crippen LogP contribution in [0.2, 0.25) is 0 Å². The standard InChI is InChI=1S/C84H139N25O29S2/c1-17-38(10)62-80(134)108-64(44(16)113)82(136)109-63(43(15)112)81(135)106-56(77(131)102-51(83(137)138)25-57(85)114)33-140-32-55(78(132)103-52(29-110)75(129)101-46(21-34(2)3)70(124)94-41(13)67(121)107-62)105-74(128)50(26-60(117)118)95-58(115)27-90-68(122)53-30-139-31-54(96-59(116)28-91-79(133)61(86)42(14)111)76(130)97-45(19-18-20-89-84(87)88)69(123)93-39(11)65(119)92-40(12)66(120)98-47(22-35(4)5)71(125)99-48(23-36(6)7)72(126)100-49(24-37(8)9)73(127)104-53/h34-39,42-56,61-64,110-113H,12-13,17-33,86H2,1-11,14-16H3,(H2,85,114)(H,90,122)(H,91,133)(H,92,119)(H,93,123)(H,94,124)(H,95,115)(H,96,116)(H,97,130)(H,98,120)(H,99,125)(H,100,126)(H,101,129)(H,102,131)(H,103,132)(H,104,127)(H,105,128)(H,106,135)(H,107,121)(H,108,134)(H,109,136)(H,117,118)(H,137,138)(H4,87,88,89). The number of carboxylic acids is 2. The van der Waals surface area contributed by atoms with Crippen LogP contribution >= 0.6 is 23.5 Å². The van der Waals surface area contributed by atoms with Gasteiger partial charge in [-0.25, -0.2) is 4.79 Å². The number of hydrogen-bond acceptors (Lipinski definition) is 31. The van der Waals surface area contributed by atoms with Crippen LogP contribution in [0.3, 0.4) is 0 Å². The number of primary amides is 1. The first-order valence-corrected chi connectivity index (χ1v) is 47.3. The molecule has 2 fully saturated rings. The molecule has 140 heavy (non-hydrogen) atoms. The van der Waals surface area contributed by atoms with Gasteiger partial charge in [-0.2, -0.15) is 23.5 Å². The summed E-state index contributed by atoms with van der Waals surface area (Å²) in [6.45, 7) is 24.2. The van der Waals surface area contributed by atoms with Crippen molar-refractivity contribution in [2.75, 3.05) is 49.3 Å². The van der Waals surface area contributed by atoms with Gasteiger partial charge in [0.1, 0.15) is 103 Å². The predicted octanol–water partition coefficient (Wildman–Crippen LogP) is -11.9. The Labute approximate surface area is 816 Å². The number of carboxylic acid groups (broad SMARTS) is 2. The highest BCUT2D eigenvalue weighted by Crippen LogP contribution is 2.19. The third-order valence-electron chi connectivity index (χ3n) is 20.9. The van der Waals surface area contributed by atoms with Gasteiger partial charge >= 0.3 is 11.9 Å². The Bertz CT molecular complexity index is 4460. The van der Waals surface area contributed by atoms with Crippen molar-refractivity contribution >= 4 is 165 Å². The molecule has 34 N–H and O–H groups in total. The van der Waals surface area contributed by atoms with Crippen LogP contribution in [0.5, 0.6) is 0 Å². The Kier molecular flexibility index (Phi) is 53.5. The van der Waals surface area contributed by atoms with Gasteiger partial charge in [0.25, 0.3) is 11.8 Å². The number of carbonyl (C=O) groups is 23. The molecular weight excluding hydrogens is 1890 g/mol. The summed E-state index contributed by atoms with van der Waals surface area (Å²) in [5.41, 5.74) is 15.2. The molecule has 56 heteroatoms. The minimum atomic E-state index is -2.36. The molecule has 0 aromatic carbocycles. The number of aliphatic carboxylic acids is 2. The SMILES string of the molecule is C=C1NC(=O)C(C)NC(=O)C(CCCNC(=N)N)NC(=O)C(NC(=O)CNC(=O)C(N)C(C)O)CSCC(C(=O)NCC(=O)NC(CC(=O)O)C(=O)NC2CSCC(C(=O)NC(CC(N)=O)C(=O)O)NC(=O)C(C(C)O)NC(=O)C(C(C)O)NC(=O)C(C(C)CC)NC(=O)C(=C)NC(=O)C(CC(C)C)NC(=O)C(CO)NC2=O)NC(=O)C(CC(C)C)NC(=O)C(CC(C)C)NC(=O)C(CC(C)C)NC1=O. The van der Waals surface area contributed by atoms with E-state index in [0.29, 0.717) is 23.5 Å². The van der Waals surface area contributed by atoms with Gasteiger partial charge in [0, 0.05) is 29.6 Å². The fourth-order valence-corrected chi connectivity index (χ4v) is 15.3. The van der Waals surface area contributed by atoms with E-state index in [1.54, 1.807) is 62.3 Å². The lowest BCUT2D eigenvalue weighted by Crippen LogP contribution is -2.63. The molecule has 0 radical (unpaired) electrons. The summed E-state index contributed by atoms with van der Waals surface area (Å²) in [7, 11) is 0. The van der Waals surface area contributed by atoms with Crippen molar-refractivity contribution in [1.82, 2.24) is 112 Å². The number of aliphatic hydroxyl groups excluding tert-OH is 4. The van der Waals surface area contributed by atoms with Crippen molar-refractivity contribution in [3.8, 4) is 0 Å². The summed E-state index contributed by atoms with van der Waals surface area (Å²) in [5.74, 6) is -35.9. The smallest absolute Gasteiger partial charge is 0.326 e.